The average molecular weight is 709 g/mol. The van der Waals surface area contributed by atoms with Crippen molar-refractivity contribution in [3.8, 4) is 0 Å². The van der Waals surface area contributed by atoms with E-state index in [2.05, 4.69) is 118 Å². The van der Waals surface area contributed by atoms with Crippen molar-refractivity contribution in [2.75, 3.05) is 7.11 Å². The van der Waals surface area contributed by atoms with Crippen LogP contribution in [0.25, 0.3) is 21.8 Å². The molecule has 274 valence electrons. The number of carboxylic acid groups (broad SMARTS) is 1. The molecule has 2 aliphatic carbocycles. The highest BCUT2D eigenvalue weighted by Crippen LogP contribution is 2.42. The number of carboxylic acids is 1. The molecule has 0 radical (unpaired) electrons. The zero-order valence-electron chi connectivity index (χ0n) is 32.2. The Hall–Kier alpha value is -5.10. The second kappa shape index (κ2) is 14.0. The van der Waals surface area contributed by atoms with Crippen molar-refractivity contribution >= 4 is 33.7 Å². The normalized spacial score (nSPS) is 14.6. The number of aromatic nitrogens is 2. The van der Waals surface area contributed by atoms with Gasteiger partial charge < -0.3 is 19.8 Å². The number of fused-ring (bicyclic) bond motifs is 2. The molecule has 0 unspecified atom stereocenters. The van der Waals surface area contributed by atoms with Crippen LogP contribution in [0.15, 0.2) is 84.9 Å². The molecular weight excluding hydrogens is 657 g/mol. The van der Waals surface area contributed by atoms with Gasteiger partial charge in [-0.15, -0.1) is 0 Å². The number of carbonyl (C=O) groups excluding carboxylic acids is 1. The molecular formula is C47H52N2O4. The van der Waals surface area contributed by atoms with Crippen molar-refractivity contribution in [2.45, 2.75) is 103 Å². The van der Waals surface area contributed by atoms with Gasteiger partial charge in [0.2, 0.25) is 0 Å². The lowest BCUT2D eigenvalue weighted by Gasteiger charge is -2.15. The summed E-state index contributed by atoms with van der Waals surface area (Å²) in [5.74, 6) is 0.106. The smallest absolute Gasteiger partial charge is 0.338 e. The molecule has 0 aliphatic heterocycles. The summed E-state index contributed by atoms with van der Waals surface area (Å²) in [6.45, 7) is 13.2. The standard InChI is InChI=1S/C24H27NO2.C23H25NO2/c1-24(2,3)22-14-19-12-15(5-10-21(19)25-22)11-18-9-8-17(16-6-7-16)13-20(18)23(26)27-4;1-23(2,3)21-13-18-11-14(4-9-20(18)24-21)10-17-8-7-16(15-5-6-15)12-19(17)22(25)26/h5,8-10,12-14,16,25H,6-7,11H2,1-4H3;4,7-9,11-13,15,24H,5-6,10H2,1-3H3,(H,25,26). The first kappa shape index (κ1) is 36.3. The van der Waals surface area contributed by atoms with Gasteiger partial charge in [0.1, 0.15) is 0 Å². The Morgan fingerprint density at radius 3 is 1.45 bits per heavy atom. The molecule has 0 saturated heterocycles. The van der Waals surface area contributed by atoms with E-state index in [4.69, 9.17) is 4.74 Å². The summed E-state index contributed by atoms with van der Waals surface area (Å²) < 4.78 is 5.04. The van der Waals surface area contributed by atoms with E-state index in [1.54, 1.807) is 0 Å². The maximum Gasteiger partial charge on any atom is 0.338 e. The molecule has 8 rings (SSSR count). The molecule has 2 saturated carbocycles. The number of rotatable bonds is 8. The molecule has 2 heterocycles. The predicted molar refractivity (Wildman–Crippen MR) is 215 cm³/mol. The van der Waals surface area contributed by atoms with Crippen molar-refractivity contribution in [1.82, 2.24) is 9.97 Å². The van der Waals surface area contributed by atoms with Gasteiger partial charge in [0.25, 0.3) is 0 Å². The lowest BCUT2D eigenvalue weighted by atomic mass is 9.92. The molecule has 6 aromatic rings. The topological polar surface area (TPSA) is 95.2 Å². The predicted octanol–water partition coefficient (Wildman–Crippen LogP) is 11.4. The minimum atomic E-state index is -0.833. The fourth-order valence-electron chi connectivity index (χ4n) is 7.17. The zero-order valence-corrected chi connectivity index (χ0v) is 32.2. The fraction of sp³-hybridized carbons (Fsp3) is 0.362. The van der Waals surface area contributed by atoms with E-state index in [1.807, 2.05) is 18.2 Å². The number of esters is 1. The van der Waals surface area contributed by atoms with Gasteiger partial charge in [-0.3, -0.25) is 0 Å². The summed E-state index contributed by atoms with van der Waals surface area (Å²) in [7, 11) is 1.45. The van der Waals surface area contributed by atoms with Gasteiger partial charge >= 0.3 is 11.9 Å². The van der Waals surface area contributed by atoms with Crippen LogP contribution in [0.3, 0.4) is 0 Å². The molecule has 2 aromatic heterocycles. The van der Waals surface area contributed by atoms with Crippen LogP contribution in [0.4, 0.5) is 0 Å². The van der Waals surface area contributed by atoms with Crippen molar-refractivity contribution in [3.05, 3.63) is 141 Å². The van der Waals surface area contributed by atoms with Crippen LogP contribution >= 0.6 is 0 Å². The van der Waals surface area contributed by atoms with Gasteiger partial charge in [-0.05, 0) is 143 Å². The minimum absolute atomic E-state index is 0.0777. The van der Waals surface area contributed by atoms with Crippen molar-refractivity contribution in [1.29, 1.82) is 0 Å². The van der Waals surface area contributed by atoms with Crippen molar-refractivity contribution < 1.29 is 19.4 Å². The molecule has 0 atom stereocenters. The summed E-state index contributed by atoms with van der Waals surface area (Å²) in [4.78, 5) is 31.1. The zero-order chi connectivity index (χ0) is 37.7. The van der Waals surface area contributed by atoms with Gasteiger partial charge in [-0.2, -0.15) is 0 Å². The number of methoxy groups -OCH3 is 1. The second-order valence-electron chi connectivity index (χ2n) is 17.2. The number of aromatic amines is 2. The third-order valence-electron chi connectivity index (χ3n) is 10.8. The monoisotopic (exact) mass is 708 g/mol. The number of H-pyrrole nitrogens is 2. The molecule has 0 spiro atoms. The number of ether oxygens (including phenoxy) is 1. The summed E-state index contributed by atoms with van der Waals surface area (Å²) in [6, 6.07) is 29.6. The number of benzene rings is 4. The van der Waals surface area contributed by atoms with Gasteiger partial charge in [0.15, 0.2) is 0 Å². The van der Waals surface area contributed by atoms with Gasteiger partial charge in [-0.1, -0.05) is 77.9 Å². The highest BCUT2D eigenvalue weighted by molar-refractivity contribution is 5.92. The molecule has 4 aromatic carbocycles. The first-order valence-electron chi connectivity index (χ1n) is 19.0. The Morgan fingerprint density at radius 1 is 0.623 bits per heavy atom. The molecule has 6 heteroatoms. The van der Waals surface area contributed by atoms with E-state index < -0.39 is 5.97 Å². The Bertz CT molecular complexity index is 2320. The lowest BCUT2D eigenvalue weighted by Crippen LogP contribution is -2.10. The number of nitrogens with one attached hydrogen (secondary N) is 2. The number of hydrogen-bond acceptors (Lipinski definition) is 3. The second-order valence-corrected chi connectivity index (χ2v) is 17.2. The summed E-state index contributed by atoms with van der Waals surface area (Å²) in [5.41, 5.74) is 12.7. The van der Waals surface area contributed by atoms with E-state index in [1.165, 1.54) is 71.6 Å². The van der Waals surface area contributed by atoms with E-state index in [0.29, 0.717) is 29.4 Å². The summed E-state index contributed by atoms with van der Waals surface area (Å²) in [6.07, 6.45) is 6.16. The van der Waals surface area contributed by atoms with Crippen LogP contribution in [0.1, 0.15) is 145 Å². The molecule has 0 amide bonds. The van der Waals surface area contributed by atoms with Gasteiger partial charge in [0, 0.05) is 33.3 Å². The Kier molecular flexibility index (Phi) is 9.61. The highest BCUT2D eigenvalue weighted by atomic mass is 16.5. The molecule has 3 N–H and O–H groups in total. The van der Waals surface area contributed by atoms with Crippen LogP contribution < -0.4 is 0 Å². The van der Waals surface area contributed by atoms with Gasteiger partial charge in [0.05, 0.1) is 18.2 Å². The van der Waals surface area contributed by atoms with Crippen molar-refractivity contribution in [3.63, 3.8) is 0 Å². The lowest BCUT2D eigenvalue weighted by molar-refractivity contribution is 0.0598. The molecule has 6 nitrogen and oxygen atoms in total. The average Bonchev–Trinajstić information content (AvgIpc) is 4.05. The Morgan fingerprint density at radius 2 is 1.06 bits per heavy atom. The van der Waals surface area contributed by atoms with E-state index >= 15 is 0 Å². The third-order valence-corrected chi connectivity index (χ3v) is 10.8. The Labute approximate surface area is 313 Å². The molecule has 2 aliphatic rings. The maximum absolute atomic E-state index is 12.3. The maximum atomic E-state index is 12.3. The van der Waals surface area contributed by atoms with E-state index in [0.717, 1.165) is 34.1 Å². The van der Waals surface area contributed by atoms with Crippen molar-refractivity contribution in [2.24, 2.45) is 0 Å². The first-order chi connectivity index (χ1) is 25.2. The van der Waals surface area contributed by atoms with Crippen LogP contribution in [-0.4, -0.2) is 34.1 Å². The first-order valence-corrected chi connectivity index (χ1v) is 19.0. The molecule has 53 heavy (non-hydrogen) atoms. The quantitative estimate of drug-likeness (QED) is 0.137. The van der Waals surface area contributed by atoms with Gasteiger partial charge in [-0.25, -0.2) is 9.59 Å². The molecule has 2 fully saturated rings. The number of hydrogen-bond donors (Lipinski definition) is 3. The summed E-state index contributed by atoms with van der Waals surface area (Å²) >= 11 is 0. The third kappa shape index (κ3) is 8.27. The SMILES string of the molecule is CC(C)(C)c1cc2cc(Cc3ccc(C4CC4)cc3C(=O)O)ccc2[nH]1.COC(=O)c1cc(C2CC2)ccc1Cc1ccc2[nH]c(C(C)(C)C)cc2c1. The minimum Gasteiger partial charge on any atom is -0.478 e. The number of carbonyl (C=O) groups is 2. The van der Waals surface area contributed by atoms with Crippen LogP contribution in [-0.2, 0) is 28.4 Å². The van der Waals surface area contributed by atoms with E-state index in [9.17, 15) is 14.7 Å². The van der Waals surface area contributed by atoms with Crippen LogP contribution in [0.5, 0.6) is 0 Å². The van der Waals surface area contributed by atoms with Crippen LogP contribution in [0.2, 0.25) is 0 Å². The fourth-order valence-corrected chi connectivity index (χ4v) is 7.17. The largest absolute Gasteiger partial charge is 0.478 e. The van der Waals surface area contributed by atoms with E-state index in [-0.39, 0.29) is 16.8 Å². The molecule has 0 bridgehead atoms. The number of aromatic carboxylic acids is 1. The highest BCUT2D eigenvalue weighted by Gasteiger charge is 2.27. The Balaban J connectivity index is 0.000000164. The summed E-state index contributed by atoms with van der Waals surface area (Å²) in [5, 5.41) is 12.0. The van der Waals surface area contributed by atoms with Crippen LogP contribution in [0, 0.1) is 0 Å².